The molecular formula is C26H33N5O3S. The largest absolute Gasteiger partial charge is 0.341 e. The second kappa shape index (κ2) is 9.62. The van der Waals surface area contributed by atoms with Gasteiger partial charge in [-0.05, 0) is 68.5 Å². The van der Waals surface area contributed by atoms with Gasteiger partial charge >= 0.3 is 0 Å². The third-order valence-corrected chi connectivity index (χ3v) is 9.30. The minimum absolute atomic E-state index is 0.126. The lowest BCUT2D eigenvalue weighted by atomic mass is 9.96. The number of sulfonamides is 1. The summed E-state index contributed by atoms with van der Waals surface area (Å²) in [6, 6.07) is 13.3. The van der Waals surface area contributed by atoms with Crippen LogP contribution in [0.1, 0.15) is 30.4 Å². The number of fused-ring (bicyclic) bond motifs is 1. The maximum absolute atomic E-state index is 13.3. The van der Waals surface area contributed by atoms with Crippen molar-refractivity contribution in [2.75, 3.05) is 44.2 Å². The number of imidazole rings is 1. The lowest BCUT2D eigenvalue weighted by Gasteiger charge is -2.33. The number of anilines is 1. The fourth-order valence-corrected chi connectivity index (χ4v) is 6.62. The van der Waals surface area contributed by atoms with E-state index in [-0.39, 0.29) is 11.8 Å². The molecule has 2 aliphatic heterocycles. The van der Waals surface area contributed by atoms with Gasteiger partial charge in [0.2, 0.25) is 21.9 Å². The van der Waals surface area contributed by atoms with Crippen molar-refractivity contribution in [2.45, 2.75) is 38.0 Å². The Hall–Kier alpha value is -2.91. The molecule has 8 nitrogen and oxygen atoms in total. The lowest BCUT2D eigenvalue weighted by molar-refractivity contribution is -0.136. The smallest absolute Gasteiger partial charge is 0.243 e. The number of hydrogen-bond donors (Lipinski definition) is 1. The number of nitrogens with zero attached hydrogens (tertiary/aromatic N) is 4. The standard InChI is InChI=1S/C26H33N5O3S/c1-19-8-9-22(18-20(19)2)35(33,34)31-14-10-21(11-15-31)25(32)29-12-5-13-30(17-16-29)26-27-23-6-3-4-7-24(23)28-26/h3-4,6-9,18,21H,5,10-17H2,1-2H3,(H,27,28). The zero-order chi connectivity index (χ0) is 24.6. The Morgan fingerprint density at radius 2 is 1.71 bits per heavy atom. The molecule has 0 radical (unpaired) electrons. The number of nitrogens with one attached hydrogen (secondary N) is 1. The first-order chi connectivity index (χ1) is 16.8. The number of aromatic nitrogens is 2. The van der Waals surface area contributed by atoms with E-state index in [0.29, 0.717) is 37.4 Å². The summed E-state index contributed by atoms with van der Waals surface area (Å²) in [7, 11) is -3.54. The molecule has 1 amide bonds. The van der Waals surface area contributed by atoms with Crippen LogP contribution in [0.25, 0.3) is 11.0 Å². The molecule has 9 heteroatoms. The van der Waals surface area contributed by atoms with Gasteiger partial charge in [-0.2, -0.15) is 4.31 Å². The molecule has 2 saturated heterocycles. The molecular weight excluding hydrogens is 462 g/mol. The summed E-state index contributed by atoms with van der Waals surface area (Å²) in [5, 5.41) is 0. The van der Waals surface area contributed by atoms with Crippen LogP contribution in [0.3, 0.4) is 0 Å². The van der Waals surface area contributed by atoms with Gasteiger partial charge in [0.25, 0.3) is 0 Å². The van der Waals surface area contributed by atoms with Crippen LogP contribution in [0.5, 0.6) is 0 Å². The molecule has 0 atom stereocenters. The van der Waals surface area contributed by atoms with Crippen molar-refractivity contribution in [3.8, 4) is 0 Å². The number of hydrogen-bond acceptors (Lipinski definition) is 5. The van der Waals surface area contributed by atoms with Crippen molar-refractivity contribution in [2.24, 2.45) is 5.92 Å². The first kappa shape index (κ1) is 23.8. The molecule has 0 saturated carbocycles. The Morgan fingerprint density at radius 3 is 2.46 bits per heavy atom. The molecule has 35 heavy (non-hydrogen) atoms. The van der Waals surface area contributed by atoms with Gasteiger partial charge in [-0.15, -0.1) is 0 Å². The van der Waals surface area contributed by atoms with Gasteiger partial charge in [0, 0.05) is 45.2 Å². The van der Waals surface area contributed by atoms with Crippen molar-refractivity contribution in [3.05, 3.63) is 53.6 Å². The second-order valence-electron chi connectivity index (χ2n) is 9.67. The van der Waals surface area contributed by atoms with Crippen LogP contribution in [0, 0.1) is 19.8 Å². The Kier molecular flexibility index (Phi) is 6.55. The molecule has 3 aromatic rings. The van der Waals surface area contributed by atoms with E-state index in [1.165, 1.54) is 4.31 Å². The third-order valence-electron chi connectivity index (χ3n) is 7.40. The molecule has 0 bridgehead atoms. The Bertz CT molecular complexity index is 1290. The summed E-state index contributed by atoms with van der Waals surface area (Å²) in [4.78, 5) is 25.9. The highest BCUT2D eigenvalue weighted by molar-refractivity contribution is 7.89. The zero-order valence-corrected chi connectivity index (χ0v) is 21.2. The van der Waals surface area contributed by atoms with Crippen LogP contribution < -0.4 is 4.90 Å². The van der Waals surface area contributed by atoms with E-state index in [1.807, 2.05) is 49.1 Å². The van der Waals surface area contributed by atoms with Gasteiger partial charge in [-0.1, -0.05) is 18.2 Å². The van der Waals surface area contributed by atoms with E-state index >= 15 is 0 Å². The second-order valence-corrected chi connectivity index (χ2v) is 11.6. The molecule has 2 fully saturated rings. The van der Waals surface area contributed by atoms with Crippen LogP contribution in [0.15, 0.2) is 47.4 Å². The quantitative estimate of drug-likeness (QED) is 0.600. The Labute approximate surface area is 207 Å². The van der Waals surface area contributed by atoms with Crippen molar-refractivity contribution in [3.63, 3.8) is 0 Å². The molecule has 0 unspecified atom stereocenters. The minimum atomic E-state index is -3.54. The van der Waals surface area contributed by atoms with Crippen LogP contribution in [0.2, 0.25) is 0 Å². The van der Waals surface area contributed by atoms with Crippen molar-refractivity contribution in [1.82, 2.24) is 19.2 Å². The highest BCUT2D eigenvalue weighted by Gasteiger charge is 2.34. The van der Waals surface area contributed by atoms with Gasteiger partial charge in [-0.3, -0.25) is 4.79 Å². The van der Waals surface area contributed by atoms with Crippen LogP contribution in [0.4, 0.5) is 5.95 Å². The number of aryl methyl sites for hydroxylation is 2. The van der Waals surface area contributed by atoms with Crippen molar-refractivity contribution < 1.29 is 13.2 Å². The highest BCUT2D eigenvalue weighted by atomic mass is 32.2. The van der Waals surface area contributed by atoms with Gasteiger partial charge < -0.3 is 14.8 Å². The number of benzene rings is 2. The van der Waals surface area contributed by atoms with Gasteiger partial charge in [0.1, 0.15) is 0 Å². The SMILES string of the molecule is Cc1ccc(S(=O)(=O)N2CCC(C(=O)N3CCCN(c4nc5ccccc5[nH]4)CC3)CC2)cc1C. The number of amides is 1. The molecule has 1 N–H and O–H groups in total. The summed E-state index contributed by atoms with van der Waals surface area (Å²) in [5.74, 6) is 0.879. The topological polar surface area (TPSA) is 89.6 Å². The Morgan fingerprint density at radius 1 is 0.943 bits per heavy atom. The van der Waals surface area contributed by atoms with E-state index in [0.717, 1.165) is 54.2 Å². The summed E-state index contributed by atoms with van der Waals surface area (Å²) < 4.78 is 27.8. The van der Waals surface area contributed by atoms with E-state index in [1.54, 1.807) is 12.1 Å². The maximum atomic E-state index is 13.3. The highest BCUT2D eigenvalue weighted by Crippen LogP contribution is 2.27. The van der Waals surface area contributed by atoms with Crippen LogP contribution >= 0.6 is 0 Å². The number of carbonyl (C=O) groups excluding carboxylic acids is 1. The lowest BCUT2D eigenvalue weighted by Crippen LogP contribution is -2.45. The van der Waals surface area contributed by atoms with Crippen molar-refractivity contribution in [1.29, 1.82) is 0 Å². The molecule has 0 aliphatic carbocycles. The van der Waals surface area contributed by atoms with Crippen molar-refractivity contribution >= 4 is 32.9 Å². The number of H-pyrrole nitrogens is 1. The van der Waals surface area contributed by atoms with Gasteiger partial charge in [0.15, 0.2) is 0 Å². The molecule has 186 valence electrons. The van der Waals surface area contributed by atoms with E-state index in [2.05, 4.69) is 9.88 Å². The van der Waals surface area contributed by atoms with E-state index < -0.39 is 10.0 Å². The number of rotatable bonds is 4. The molecule has 0 spiro atoms. The van der Waals surface area contributed by atoms with Crippen LogP contribution in [-0.4, -0.2) is 72.8 Å². The molecule has 1 aromatic heterocycles. The first-order valence-electron chi connectivity index (χ1n) is 12.4. The van der Waals surface area contributed by atoms with Crippen LogP contribution in [-0.2, 0) is 14.8 Å². The predicted molar refractivity (Wildman–Crippen MR) is 137 cm³/mol. The third kappa shape index (κ3) is 4.79. The fourth-order valence-electron chi connectivity index (χ4n) is 5.06. The van der Waals surface area contributed by atoms with E-state index in [4.69, 9.17) is 4.98 Å². The monoisotopic (exact) mass is 495 g/mol. The molecule has 2 aromatic carbocycles. The predicted octanol–water partition coefficient (Wildman–Crippen LogP) is 3.32. The summed E-state index contributed by atoms with van der Waals surface area (Å²) in [5.41, 5.74) is 4.00. The first-order valence-corrected chi connectivity index (χ1v) is 13.8. The number of aromatic amines is 1. The molecule has 5 rings (SSSR count). The average molecular weight is 496 g/mol. The van der Waals surface area contributed by atoms with Gasteiger partial charge in [0.05, 0.1) is 15.9 Å². The molecule has 3 heterocycles. The normalized spacial score (nSPS) is 18.7. The number of piperidine rings is 1. The fraction of sp³-hybridized carbons (Fsp3) is 0.462. The zero-order valence-electron chi connectivity index (χ0n) is 20.4. The summed E-state index contributed by atoms with van der Waals surface area (Å²) in [6.45, 7) is 7.60. The summed E-state index contributed by atoms with van der Waals surface area (Å²) in [6.07, 6.45) is 2.00. The van der Waals surface area contributed by atoms with E-state index in [9.17, 15) is 13.2 Å². The Balaban J connectivity index is 1.19. The maximum Gasteiger partial charge on any atom is 0.243 e. The van der Waals surface area contributed by atoms with Gasteiger partial charge in [-0.25, -0.2) is 13.4 Å². The number of para-hydroxylation sites is 2. The summed E-state index contributed by atoms with van der Waals surface area (Å²) >= 11 is 0. The molecule has 2 aliphatic rings. The minimum Gasteiger partial charge on any atom is -0.341 e. The average Bonchev–Trinajstić information content (AvgIpc) is 3.14. The number of carbonyl (C=O) groups is 1.